The number of nitrogens with zero attached hydrogens (tertiary/aromatic N) is 4. The number of hydrogen-bond donors (Lipinski definition) is 0. The van der Waals surface area contributed by atoms with Crippen molar-refractivity contribution in [1.29, 1.82) is 0 Å². The Morgan fingerprint density at radius 1 is 1.47 bits per heavy atom. The molecule has 0 aliphatic carbocycles. The summed E-state index contributed by atoms with van der Waals surface area (Å²) in [4.78, 5) is 15.7. The van der Waals surface area contributed by atoms with E-state index in [1.165, 1.54) is 12.5 Å². The molecule has 2 aromatic heterocycles. The van der Waals surface area contributed by atoms with Crippen LogP contribution in [-0.4, -0.2) is 25.5 Å². The molecule has 5 nitrogen and oxygen atoms in total. The number of hydrogen-bond acceptors (Lipinski definition) is 4. The van der Waals surface area contributed by atoms with Gasteiger partial charge >= 0.3 is 0 Å². The van der Waals surface area contributed by atoms with Crippen molar-refractivity contribution in [2.75, 3.05) is 0 Å². The van der Waals surface area contributed by atoms with E-state index < -0.39 is 0 Å². The maximum Gasteiger partial charge on any atom is 0.231 e. The van der Waals surface area contributed by atoms with Gasteiger partial charge in [0.25, 0.3) is 0 Å². The molecule has 0 saturated carbocycles. The van der Waals surface area contributed by atoms with Crippen molar-refractivity contribution in [2.45, 2.75) is 0 Å². The molecule has 0 atom stereocenters. The van der Waals surface area contributed by atoms with Crippen LogP contribution in [0.25, 0.3) is 0 Å². The summed E-state index contributed by atoms with van der Waals surface area (Å²) in [6, 6.07) is 3.16. The zero-order chi connectivity index (χ0) is 10.8. The van der Waals surface area contributed by atoms with Crippen molar-refractivity contribution < 1.29 is 4.79 Å². The van der Waals surface area contributed by atoms with Crippen LogP contribution in [0.5, 0.6) is 0 Å². The molecule has 0 bridgehead atoms. The molecule has 0 aliphatic heterocycles. The van der Waals surface area contributed by atoms with E-state index in [0.717, 1.165) is 0 Å². The largest absolute Gasteiger partial charge is 0.314 e. The second-order valence-electron chi connectivity index (χ2n) is 2.96. The first kappa shape index (κ1) is 9.79. The molecule has 0 saturated heterocycles. The molecule has 0 aliphatic rings. The van der Waals surface area contributed by atoms with Gasteiger partial charge in [0, 0.05) is 18.8 Å². The Kier molecular flexibility index (Phi) is 2.47. The lowest BCUT2D eigenvalue weighted by Crippen LogP contribution is -2.08. The first-order chi connectivity index (χ1) is 7.18. The highest BCUT2D eigenvalue weighted by atomic mass is 35.5. The highest BCUT2D eigenvalue weighted by Gasteiger charge is 2.14. The number of halogens is 1. The molecule has 6 heteroatoms. The van der Waals surface area contributed by atoms with Gasteiger partial charge in [-0.05, 0) is 12.1 Å². The van der Waals surface area contributed by atoms with Gasteiger partial charge in [0.15, 0.2) is 0 Å². The van der Waals surface area contributed by atoms with Crippen LogP contribution in [0.2, 0.25) is 5.15 Å². The van der Waals surface area contributed by atoms with E-state index in [-0.39, 0.29) is 11.6 Å². The van der Waals surface area contributed by atoms with E-state index in [4.69, 9.17) is 11.6 Å². The zero-order valence-corrected chi connectivity index (χ0v) is 8.64. The third kappa shape index (κ3) is 1.87. The summed E-state index contributed by atoms with van der Waals surface area (Å²) in [6.45, 7) is 0. The molecule has 0 unspecified atom stereocenters. The van der Waals surface area contributed by atoms with Gasteiger partial charge in [0.05, 0.1) is 0 Å². The highest BCUT2D eigenvalue weighted by Crippen LogP contribution is 2.09. The van der Waals surface area contributed by atoms with Gasteiger partial charge < -0.3 is 4.57 Å². The van der Waals surface area contributed by atoms with E-state index in [0.29, 0.717) is 10.7 Å². The summed E-state index contributed by atoms with van der Waals surface area (Å²) in [7, 11) is 1.70. The van der Waals surface area contributed by atoms with Crippen molar-refractivity contribution in [3.05, 3.63) is 41.2 Å². The zero-order valence-electron chi connectivity index (χ0n) is 7.88. The number of rotatable bonds is 2. The molecule has 15 heavy (non-hydrogen) atoms. The standard InChI is InChI=1S/C9H7ClN4O/c1-14-5-12-13-9(14)8(15)6-2-3-7(10)11-4-6/h2-5H,1H3. The van der Waals surface area contributed by atoms with Crippen LogP contribution >= 0.6 is 11.6 Å². The highest BCUT2D eigenvalue weighted by molar-refractivity contribution is 6.29. The Morgan fingerprint density at radius 2 is 2.27 bits per heavy atom. The van der Waals surface area contributed by atoms with Gasteiger partial charge in [0.1, 0.15) is 11.5 Å². The van der Waals surface area contributed by atoms with E-state index in [1.54, 1.807) is 23.7 Å². The van der Waals surface area contributed by atoms with Crippen LogP contribution in [0.3, 0.4) is 0 Å². The third-order valence-electron chi connectivity index (χ3n) is 1.90. The molecular formula is C9H7ClN4O. The van der Waals surface area contributed by atoms with Gasteiger partial charge in [-0.3, -0.25) is 4.79 Å². The van der Waals surface area contributed by atoms with E-state index >= 15 is 0 Å². The second-order valence-corrected chi connectivity index (χ2v) is 3.35. The van der Waals surface area contributed by atoms with Crippen LogP contribution in [0, 0.1) is 0 Å². The monoisotopic (exact) mass is 222 g/mol. The molecule has 2 rings (SSSR count). The number of aromatic nitrogens is 4. The number of pyridine rings is 1. The molecule has 0 fully saturated rings. The Bertz CT molecular complexity index is 491. The Hall–Kier alpha value is -1.75. The van der Waals surface area contributed by atoms with Gasteiger partial charge in [-0.25, -0.2) is 4.98 Å². The minimum Gasteiger partial charge on any atom is -0.314 e. The normalized spacial score (nSPS) is 10.3. The van der Waals surface area contributed by atoms with Crippen molar-refractivity contribution in [2.24, 2.45) is 7.05 Å². The lowest BCUT2D eigenvalue weighted by molar-refractivity contribution is 0.102. The number of carbonyl (C=O) groups excluding carboxylic acids is 1. The van der Waals surface area contributed by atoms with Crippen molar-refractivity contribution in [1.82, 2.24) is 19.7 Å². The smallest absolute Gasteiger partial charge is 0.231 e. The van der Waals surface area contributed by atoms with Crippen LogP contribution in [0.1, 0.15) is 16.2 Å². The van der Waals surface area contributed by atoms with Gasteiger partial charge in [0.2, 0.25) is 11.6 Å². The molecule has 2 heterocycles. The topological polar surface area (TPSA) is 60.7 Å². The van der Waals surface area contributed by atoms with Crippen molar-refractivity contribution in [3.8, 4) is 0 Å². The average molecular weight is 223 g/mol. The summed E-state index contributed by atoms with van der Waals surface area (Å²) < 4.78 is 1.55. The minimum absolute atomic E-state index is 0.223. The van der Waals surface area contributed by atoms with Crippen molar-refractivity contribution >= 4 is 17.4 Å². The average Bonchev–Trinajstić information content (AvgIpc) is 2.65. The van der Waals surface area contributed by atoms with E-state index in [9.17, 15) is 4.79 Å². The van der Waals surface area contributed by atoms with Crippen LogP contribution in [0.4, 0.5) is 0 Å². The first-order valence-electron chi connectivity index (χ1n) is 4.19. The summed E-state index contributed by atoms with van der Waals surface area (Å²) in [5.74, 6) is 0.0540. The van der Waals surface area contributed by atoms with E-state index in [1.807, 2.05) is 0 Å². The molecule has 76 valence electrons. The SMILES string of the molecule is Cn1cnnc1C(=O)c1ccc(Cl)nc1. The van der Waals surface area contributed by atoms with Crippen molar-refractivity contribution in [3.63, 3.8) is 0 Å². The van der Waals surface area contributed by atoms with Crippen LogP contribution < -0.4 is 0 Å². The molecule has 0 spiro atoms. The van der Waals surface area contributed by atoms with E-state index in [2.05, 4.69) is 15.2 Å². The summed E-state index contributed by atoms with van der Waals surface area (Å²) >= 11 is 5.62. The lowest BCUT2D eigenvalue weighted by Gasteiger charge is -1.99. The first-order valence-corrected chi connectivity index (χ1v) is 4.56. The maximum absolute atomic E-state index is 11.8. The third-order valence-corrected chi connectivity index (χ3v) is 2.13. The Morgan fingerprint density at radius 3 is 2.80 bits per heavy atom. The fourth-order valence-electron chi connectivity index (χ4n) is 1.13. The molecular weight excluding hydrogens is 216 g/mol. The van der Waals surface area contributed by atoms with Gasteiger partial charge in [-0.1, -0.05) is 11.6 Å². The Balaban J connectivity index is 2.37. The van der Waals surface area contributed by atoms with Gasteiger partial charge in [-0.2, -0.15) is 0 Å². The summed E-state index contributed by atoms with van der Waals surface area (Å²) in [5, 5.41) is 7.70. The maximum atomic E-state index is 11.8. The second kappa shape index (κ2) is 3.78. The van der Waals surface area contributed by atoms with Crippen LogP contribution in [-0.2, 0) is 7.05 Å². The quantitative estimate of drug-likeness (QED) is 0.564. The molecule has 0 radical (unpaired) electrons. The fourth-order valence-corrected chi connectivity index (χ4v) is 1.24. The molecule has 0 N–H and O–H groups in total. The number of ketones is 1. The number of aryl methyl sites for hydroxylation is 1. The lowest BCUT2D eigenvalue weighted by atomic mass is 10.2. The Labute approximate surface area is 90.7 Å². The van der Waals surface area contributed by atoms with Crippen LogP contribution in [0.15, 0.2) is 24.7 Å². The predicted molar refractivity (Wildman–Crippen MR) is 53.7 cm³/mol. The minimum atomic E-state index is -0.223. The summed E-state index contributed by atoms with van der Waals surface area (Å²) in [6.07, 6.45) is 2.88. The number of carbonyl (C=O) groups is 1. The molecule has 2 aromatic rings. The fraction of sp³-hybridized carbons (Fsp3) is 0.111. The molecule has 0 amide bonds. The summed E-state index contributed by atoms with van der Waals surface area (Å²) in [5.41, 5.74) is 0.440. The molecule has 0 aromatic carbocycles. The predicted octanol–water partition coefficient (Wildman–Crippen LogP) is 1.09. The van der Waals surface area contributed by atoms with Gasteiger partial charge in [-0.15, -0.1) is 10.2 Å².